The van der Waals surface area contributed by atoms with E-state index in [0.29, 0.717) is 17.1 Å². The van der Waals surface area contributed by atoms with E-state index in [4.69, 9.17) is 19.2 Å². The molecule has 0 bridgehead atoms. The fourth-order valence-electron chi connectivity index (χ4n) is 4.58. The quantitative estimate of drug-likeness (QED) is 0.555. The number of esters is 2. The zero-order chi connectivity index (χ0) is 24.0. The van der Waals surface area contributed by atoms with Crippen LogP contribution in [0.2, 0.25) is 0 Å². The minimum absolute atomic E-state index is 0.0558. The van der Waals surface area contributed by atoms with Gasteiger partial charge in [-0.25, -0.2) is 14.6 Å². The monoisotopic (exact) mass is 455 g/mol. The van der Waals surface area contributed by atoms with Gasteiger partial charge in [-0.05, 0) is 37.1 Å². The first-order valence-electron chi connectivity index (χ1n) is 10.6. The predicted octanol–water partition coefficient (Wildman–Crippen LogP) is 3.72. The maximum atomic E-state index is 13.3. The number of nitrogens with zero attached hydrogens (tertiary/aromatic N) is 3. The van der Waals surface area contributed by atoms with Crippen molar-refractivity contribution in [3.63, 3.8) is 0 Å². The lowest BCUT2D eigenvalue weighted by atomic mass is 9.88. The Morgan fingerprint density at radius 1 is 0.853 bits per heavy atom. The summed E-state index contributed by atoms with van der Waals surface area (Å²) in [5.74, 6) is -1.59. The minimum Gasteiger partial charge on any atom is -0.466 e. The molecule has 1 aromatic carbocycles. The molecule has 0 radical (unpaired) electrons. The molecule has 170 valence electrons. The first-order valence-corrected chi connectivity index (χ1v) is 10.6. The van der Waals surface area contributed by atoms with Crippen LogP contribution >= 0.6 is 0 Å². The summed E-state index contributed by atoms with van der Waals surface area (Å²) in [4.78, 5) is 40.2. The van der Waals surface area contributed by atoms with Gasteiger partial charge in [0.25, 0.3) is 0 Å². The topological polar surface area (TPSA) is 100.0 Å². The SMILES string of the molecule is COC(=O)C1=C(C(=O)OC)C2(OC1=Nc1c(C)cccc1C)c1ncccc1-c1cccnc12. The number of fused-ring (bicyclic) bond motifs is 5. The van der Waals surface area contributed by atoms with Gasteiger partial charge < -0.3 is 14.2 Å². The van der Waals surface area contributed by atoms with E-state index in [1.54, 1.807) is 24.5 Å². The Balaban J connectivity index is 1.89. The van der Waals surface area contributed by atoms with Gasteiger partial charge in [-0.3, -0.25) is 9.97 Å². The number of benzene rings is 1. The number of carbonyl (C=O) groups excluding carboxylic acids is 2. The number of ether oxygens (including phenoxy) is 3. The summed E-state index contributed by atoms with van der Waals surface area (Å²) in [6, 6.07) is 13.0. The van der Waals surface area contributed by atoms with E-state index < -0.39 is 17.5 Å². The molecule has 3 heterocycles. The van der Waals surface area contributed by atoms with Gasteiger partial charge in [-0.2, -0.15) is 0 Å². The molecule has 0 unspecified atom stereocenters. The van der Waals surface area contributed by atoms with Crippen LogP contribution in [0.5, 0.6) is 0 Å². The number of para-hydroxylation sites is 1. The number of aryl methyl sites for hydroxylation is 2. The Hall–Kier alpha value is -4.33. The molecule has 0 saturated heterocycles. The van der Waals surface area contributed by atoms with Crippen molar-refractivity contribution in [2.75, 3.05) is 14.2 Å². The van der Waals surface area contributed by atoms with E-state index in [9.17, 15) is 9.59 Å². The fourth-order valence-corrected chi connectivity index (χ4v) is 4.58. The van der Waals surface area contributed by atoms with Gasteiger partial charge >= 0.3 is 11.9 Å². The van der Waals surface area contributed by atoms with Crippen molar-refractivity contribution in [1.29, 1.82) is 0 Å². The van der Waals surface area contributed by atoms with Crippen molar-refractivity contribution < 1.29 is 23.8 Å². The molecular weight excluding hydrogens is 434 g/mol. The third kappa shape index (κ3) is 2.88. The largest absolute Gasteiger partial charge is 0.466 e. The maximum Gasteiger partial charge on any atom is 0.344 e. The molecule has 0 saturated carbocycles. The van der Waals surface area contributed by atoms with Gasteiger partial charge in [0.05, 0.1) is 19.9 Å². The van der Waals surface area contributed by atoms with Crippen molar-refractivity contribution >= 4 is 23.5 Å². The van der Waals surface area contributed by atoms with E-state index in [0.717, 1.165) is 22.3 Å². The van der Waals surface area contributed by atoms with Gasteiger partial charge in [-0.1, -0.05) is 30.3 Å². The molecule has 2 aliphatic rings. The molecule has 3 aromatic rings. The van der Waals surface area contributed by atoms with Crippen molar-refractivity contribution in [3.05, 3.63) is 88.5 Å². The highest BCUT2D eigenvalue weighted by Crippen LogP contribution is 2.55. The normalized spacial score (nSPS) is 16.3. The molecule has 1 aliphatic carbocycles. The average molecular weight is 455 g/mol. The summed E-state index contributed by atoms with van der Waals surface area (Å²) in [5.41, 5.74) is 2.92. The van der Waals surface area contributed by atoms with Gasteiger partial charge in [-0.15, -0.1) is 0 Å². The molecule has 1 aliphatic heterocycles. The molecule has 8 heteroatoms. The predicted molar refractivity (Wildman–Crippen MR) is 123 cm³/mol. The summed E-state index contributed by atoms with van der Waals surface area (Å²) < 4.78 is 16.7. The van der Waals surface area contributed by atoms with E-state index in [2.05, 4.69) is 9.97 Å². The lowest BCUT2D eigenvalue weighted by molar-refractivity contribution is -0.139. The third-order valence-electron chi connectivity index (χ3n) is 6.07. The summed E-state index contributed by atoms with van der Waals surface area (Å²) in [6.45, 7) is 3.81. The highest BCUT2D eigenvalue weighted by molar-refractivity contribution is 6.25. The Bertz CT molecular complexity index is 1360. The first-order chi connectivity index (χ1) is 16.4. The van der Waals surface area contributed by atoms with Crippen LogP contribution in [0.25, 0.3) is 11.1 Å². The summed E-state index contributed by atoms with van der Waals surface area (Å²) in [6.07, 6.45) is 3.20. The molecule has 34 heavy (non-hydrogen) atoms. The third-order valence-corrected chi connectivity index (χ3v) is 6.07. The molecular formula is C26H21N3O5. The Kier molecular flexibility index (Phi) is 5.01. The first kappa shape index (κ1) is 21.5. The van der Waals surface area contributed by atoms with E-state index in [1.807, 2.05) is 44.2 Å². The van der Waals surface area contributed by atoms with E-state index in [1.165, 1.54) is 14.2 Å². The molecule has 0 atom stereocenters. The average Bonchev–Trinajstić information content (AvgIpc) is 3.34. The molecule has 0 N–H and O–H groups in total. The second-order valence-corrected chi connectivity index (χ2v) is 7.97. The van der Waals surface area contributed by atoms with Gasteiger partial charge in [0.2, 0.25) is 11.5 Å². The summed E-state index contributed by atoms with van der Waals surface area (Å²) >= 11 is 0. The lowest BCUT2D eigenvalue weighted by Gasteiger charge is -2.26. The number of carbonyl (C=O) groups is 2. The van der Waals surface area contributed by atoms with Gasteiger partial charge in [0, 0.05) is 23.5 Å². The number of aliphatic imine (C=N–C) groups is 1. The zero-order valence-electron chi connectivity index (χ0n) is 19.1. The van der Waals surface area contributed by atoms with Crippen molar-refractivity contribution in [2.24, 2.45) is 4.99 Å². The highest BCUT2D eigenvalue weighted by atomic mass is 16.6. The maximum absolute atomic E-state index is 13.3. The number of aromatic nitrogens is 2. The van der Waals surface area contributed by atoms with E-state index >= 15 is 0 Å². The van der Waals surface area contributed by atoms with Crippen LogP contribution in [0.3, 0.4) is 0 Å². The van der Waals surface area contributed by atoms with Crippen LogP contribution in [-0.4, -0.2) is 42.0 Å². The van der Waals surface area contributed by atoms with Crippen LogP contribution in [0.15, 0.2) is 71.0 Å². The van der Waals surface area contributed by atoms with Crippen molar-refractivity contribution in [2.45, 2.75) is 19.4 Å². The van der Waals surface area contributed by atoms with Gasteiger partial charge in [0.1, 0.15) is 22.5 Å². The number of hydrogen-bond donors (Lipinski definition) is 0. The van der Waals surface area contributed by atoms with Crippen LogP contribution in [-0.2, 0) is 29.4 Å². The standard InChI is InChI=1S/C26H21N3O5/c1-14-8-5-9-15(2)20(14)29-23-18(24(30)32-3)19(25(31)33-4)26(34-23)21-16(10-6-12-27-21)17-11-7-13-28-22(17)26/h5-13H,1-4H3. The summed E-state index contributed by atoms with van der Waals surface area (Å²) in [7, 11) is 2.48. The lowest BCUT2D eigenvalue weighted by Crippen LogP contribution is -2.34. The van der Waals surface area contributed by atoms with Crippen LogP contribution in [0, 0.1) is 13.8 Å². The molecule has 0 amide bonds. The molecule has 5 rings (SSSR count). The Labute approximate surface area is 195 Å². The van der Waals surface area contributed by atoms with Gasteiger partial charge in [0.15, 0.2) is 0 Å². The zero-order valence-corrected chi connectivity index (χ0v) is 19.1. The fraction of sp³-hybridized carbons (Fsp3) is 0.192. The van der Waals surface area contributed by atoms with Crippen molar-refractivity contribution in [1.82, 2.24) is 9.97 Å². The highest BCUT2D eigenvalue weighted by Gasteiger charge is 2.61. The Morgan fingerprint density at radius 3 is 1.94 bits per heavy atom. The number of hydrogen-bond acceptors (Lipinski definition) is 8. The molecule has 0 fully saturated rings. The number of methoxy groups -OCH3 is 2. The summed E-state index contributed by atoms with van der Waals surface area (Å²) in [5, 5.41) is 0. The second kappa shape index (κ2) is 7.91. The molecule has 1 spiro atoms. The Morgan fingerprint density at radius 2 is 1.41 bits per heavy atom. The number of rotatable bonds is 3. The minimum atomic E-state index is -1.61. The van der Waals surface area contributed by atoms with Crippen LogP contribution in [0.4, 0.5) is 5.69 Å². The van der Waals surface area contributed by atoms with Crippen LogP contribution < -0.4 is 0 Å². The molecule has 8 nitrogen and oxygen atoms in total. The smallest absolute Gasteiger partial charge is 0.344 e. The van der Waals surface area contributed by atoms with Crippen LogP contribution in [0.1, 0.15) is 22.5 Å². The van der Waals surface area contributed by atoms with Crippen molar-refractivity contribution in [3.8, 4) is 11.1 Å². The van der Waals surface area contributed by atoms with E-state index in [-0.39, 0.29) is 17.0 Å². The number of pyridine rings is 2. The molecule has 2 aromatic heterocycles. The second-order valence-electron chi connectivity index (χ2n) is 7.97.